The lowest BCUT2D eigenvalue weighted by atomic mass is 9.97. The molecule has 1 aromatic carbocycles. The molecule has 4 heteroatoms. The van der Waals surface area contributed by atoms with Crippen LogP contribution in [-0.4, -0.2) is 31.7 Å². The first-order valence-electron chi connectivity index (χ1n) is 7.03. The fourth-order valence-corrected chi connectivity index (χ4v) is 2.89. The Kier molecular flexibility index (Phi) is 3.69. The van der Waals surface area contributed by atoms with E-state index in [9.17, 15) is 4.79 Å². The van der Waals surface area contributed by atoms with Gasteiger partial charge in [-0.25, -0.2) is 0 Å². The average molecular weight is 260 g/mol. The molecule has 102 valence electrons. The molecule has 1 atom stereocenters. The Labute approximate surface area is 113 Å². The van der Waals surface area contributed by atoms with Gasteiger partial charge in [0.1, 0.15) is 0 Å². The lowest BCUT2D eigenvalue weighted by Crippen LogP contribution is -2.39. The van der Waals surface area contributed by atoms with Gasteiger partial charge in [-0.3, -0.25) is 4.79 Å². The molecular formula is C15H20N2O2. The Morgan fingerprint density at radius 2 is 2.11 bits per heavy atom. The summed E-state index contributed by atoms with van der Waals surface area (Å²) in [6, 6.07) is 8.55. The van der Waals surface area contributed by atoms with Gasteiger partial charge in [0, 0.05) is 43.8 Å². The normalized spacial score (nSPS) is 22.6. The quantitative estimate of drug-likeness (QED) is 0.872. The number of hydrogen-bond acceptors (Lipinski definition) is 3. The molecule has 2 aliphatic rings. The molecule has 1 saturated heterocycles. The van der Waals surface area contributed by atoms with E-state index in [2.05, 4.69) is 22.8 Å². The zero-order valence-electron chi connectivity index (χ0n) is 11.0. The van der Waals surface area contributed by atoms with Crippen LogP contribution in [0.2, 0.25) is 0 Å². The minimum atomic E-state index is 0.162. The van der Waals surface area contributed by atoms with Crippen LogP contribution in [0.3, 0.4) is 0 Å². The lowest BCUT2D eigenvalue weighted by molar-refractivity contribution is -0.122. The minimum Gasteiger partial charge on any atom is -0.384 e. The highest BCUT2D eigenvalue weighted by molar-refractivity contribution is 5.78. The second-order valence-electron chi connectivity index (χ2n) is 5.32. The van der Waals surface area contributed by atoms with Gasteiger partial charge in [-0.15, -0.1) is 0 Å². The zero-order valence-corrected chi connectivity index (χ0v) is 11.0. The van der Waals surface area contributed by atoms with Crippen molar-refractivity contribution < 1.29 is 9.53 Å². The number of rotatable bonds is 3. The number of anilines is 1. The van der Waals surface area contributed by atoms with Crippen LogP contribution in [0, 0.1) is 0 Å². The number of carbonyl (C=O) groups excluding carboxylic acids is 1. The summed E-state index contributed by atoms with van der Waals surface area (Å²) < 4.78 is 5.30. The third kappa shape index (κ3) is 2.89. The summed E-state index contributed by atoms with van der Waals surface area (Å²) in [6.45, 7) is 2.39. The maximum absolute atomic E-state index is 12.1. The summed E-state index contributed by atoms with van der Waals surface area (Å²) in [5, 5.41) is 6.49. The first-order chi connectivity index (χ1) is 9.33. The molecule has 0 bridgehead atoms. The van der Waals surface area contributed by atoms with Gasteiger partial charge in [-0.2, -0.15) is 0 Å². The van der Waals surface area contributed by atoms with E-state index in [-0.39, 0.29) is 5.91 Å². The molecule has 0 saturated carbocycles. The van der Waals surface area contributed by atoms with Crippen molar-refractivity contribution >= 4 is 11.6 Å². The maximum Gasteiger partial charge on any atom is 0.220 e. The van der Waals surface area contributed by atoms with Gasteiger partial charge in [0.15, 0.2) is 0 Å². The maximum atomic E-state index is 12.1. The van der Waals surface area contributed by atoms with Crippen LogP contribution in [0.25, 0.3) is 0 Å². The predicted molar refractivity (Wildman–Crippen MR) is 74.3 cm³/mol. The summed E-state index contributed by atoms with van der Waals surface area (Å²) in [5.41, 5.74) is 2.44. The van der Waals surface area contributed by atoms with E-state index in [4.69, 9.17) is 4.74 Å². The highest BCUT2D eigenvalue weighted by atomic mass is 16.5. The van der Waals surface area contributed by atoms with E-state index >= 15 is 0 Å². The first-order valence-corrected chi connectivity index (χ1v) is 7.03. The summed E-state index contributed by atoms with van der Waals surface area (Å²) in [5.74, 6) is 0.464. The van der Waals surface area contributed by atoms with Crippen LogP contribution >= 0.6 is 0 Å². The van der Waals surface area contributed by atoms with E-state index in [1.165, 1.54) is 11.3 Å². The third-order valence-corrected chi connectivity index (χ3v) is 3.96. The van der Waals surface area contributed by atoms with Gasteiger partial charge in [-0.05, 0) is 24.5 Å². The largest absolute Gasteiger partial charge is 0.384 e. The number of benzene rings is 1. The molecule has 1 fully saturated rings. The van der Waals surface area contributed by atoms with Gasteiger partial charge in [0.05, 0.1) is 0 Å². The predicted octanol–water partition coefficient (Wildman–Crippen LogP) is 1.88. The molecule has 2 heterocycles. The fraction of sp³-hybridized carbons (Fsp3) is 0.533. The van der Waals surface area contributed by atoms with Crippen molar-refractivity contribution in [2.24, 2.45) is 0 Å². The molecule has 0 aliphatic carbocycles. The Balaban J connectivity index is 1.55. The molecular weight excluding hydrogens is 240 g/mol. The summed E-state index contributed by atoms with van der Waals surface area (Å²) >= 11 is 0. The Morgan fingerprint density at radius 3 is 2.95 bits per heavy atom. The second-order valence-corrected chi connectivity index (χ2v) is 5.32. The van der Waals surface area contributed by atoms with Gasteiger partial charge in [0.2, 0.25) is 5.91 Å². The van der Waals surface area contributed by atoms with Crippen LogP contribution in [0.15, 0.2) is 24.3 Å². The molecule has 3 rings (SSSR count). The van der Waals surface area contributed by atoms with Crippen molar-refractivity contribution in [2.75, 3.05) is 25.1 Å². The number of ether oxygens (including phenoxy) is 1. The molecule has 4 nitrogen and oxygen atoms in total. The molecule has 19 heavy (non-hydrogen) atoms. The number of hydrogen-bond donors (Lipinski definition) is 2. The van der Waals surface area contributed by atoms with Gasteiger partial charge >= 0.3 is 0 Å². The van der Waals surface area contributed by atoms with Crippen molar-refractivity contribution in [3.8, 4) is 0 Å². The van der Waals surface area contributed by atoms with Crippen LogP contribution in [0.1, 0.15) is 30.7 Å². The van der Waals surface area contributed by atoms with Crippen molar-refractivity contribution in [1.29, 1.82) is 0 Å². The summed E-state index contributed by atoms with van der Waals surface area (Å²) in [6.07, 6.45) is 2.44. The molecule has 1 amide bonds. The standard InChI is InChI=1S/C15H20N2O2/c18-15(17-12-5-7-19-8-6-12)9-11-10-16-14-4-2-1-3-13(11)14/h1-4,11-12,16H,5-10H2,(H,17,18). The van der Waals surface area contributed by atoms with Crippen molar-refractivity contribution in [2.45, 2.75) is 31.2 Å². The molecule has 0 radical (unpaired) electrons. The second kappa shape index (κ2) is 5.61. The number of fused-ring (bicyclic) bond motifs is 1. The highest BCUT2D eigenvalue weighted by Crippen LogP contribution is 2.33. The fourth-order valence-electron chi connectivity index (χ4n) is 2.89. The summed E-state index contributed by atoms with van der Waals surface area (Å²) in [7, 11) is 0. The lowest BCUT2D eigenvalue weighted by Gasteiger charge is -2.23. The Hall–Kier alpha value is -1.55. The van der Waals surface area contributed by atoms with E-state index in [1.54, 1.807) is 0 Å². The topological polar surface area (TPSA) is 50.4 Å². The van der Waals surface area contributed by atoms with E-state index in [0.29, 0.717) is 18.4 Å². The van der Waals surface area contributed by atoms with E-state index < -0.39 is 0 Å². The monoisotopic (exact) mass is 260 g/mol. The van der Waals surface area contributed by atoms with Crippen LogP contribution < -0.4 is 10.6 Å². The van der Waals surface area contributed by atoms with Gasteiger partial charge in [-0.1, -0.05) is 18.2 Å². The minimum absolute atomic E-state index is 0.162. The van der Waals surface area contributed by atoms with Crippen molar-refractivity contribution in [3.63, 3.8) is 0 Å². The number of nitrogens with one attached hydrogen (secondary N) is 2. The molecule has 2 aliphatic heterocycles. The van der Waals surface area contributed by atoms with E-state index in [1.807, 2.05) is 12.1 Å². The van der Waals surface area contributed by atoms with Crippen LogP contribution in [-0.2, 0) is 9.53 Å². The molecule has 0 spiro atoms. The van der Waals surface area contributed by atoms with Gasteiger partial charge < -0.3 is 15.4 Å². The van der Waals surface area contributed by atoms with Crippen LogP contribution in [0.4, 0.5) is 5.69 Å². The average Bonchev–Trinajstić information content (AvgIpc) is 2.83. The van der Waals surface area contributed by atoms with Crippen molar-refractivity contribution in [3.05, 3.63) is 29.8 Å². The molecule has 0 aromatic heterocycles. The van der Waals surface area contributed by atoms with Crippen molar-refractivity contribution in [1.82, 2.24) is 5.32 Å². The number of para-hydroxylation sites is 1. The third-order valence-electron chi connectivity index (χ3n) is 3.96. The number of amides is 1. The number of carbonyl (C=O) groups is 1. The Morgan fingerprint density at radius 1 is 1.32 bits per heavy atom. The Bertz CT molecular complexity index is 455. The highest BCUT2D eigenvalue weighted by Gasteiger charge is 2.25. The molecule has 2 N–H and O–H groups in total. The molecule has 1 aromatic rings. The van der Waals surface area contributed by atoms with E-state index in [0.717, 1.165) is 32.6 Å². The van der Waals surface area contributed by atoms with Crippen LogP contribution in [0.5, 0.6) is 0 Å². The summed E-state index contributed by atoms with van der Waals surface area (Å²) in [4.78, 5) is 12.1. The SMILES string of the molecule is O=C(CC1CNc2ccccc21)NC1CCOCC1. The zero-order chi connectivity index (χ0) is 13.1. The smallest absolute Gasteiger partial charge is 0.220 e. The molecule has 1 unspecified atom stereocenters. The van der Waals surface area contributed by atoms with Gasteiger partial charge in [0.25, 0.3) is 0 Å². The first kappa shape index (κ1) is 12.5.